The van der Waals surface area contributed by atoms with Crippen LogP contribution < -0.4 is 5.32 Å². The Morgan fingerprint density at radius 1 is 1.38 bits per heavy atom. The number of hydrogen-bond donors (Lipinski definition) is 1. The molecule has 1 aliphatic heterocycles. The van der Waals surface area contributed by atoms with Crippen LogP contribution in [0.3, 0.4) is 0 Å². The van der Waals surface area contributed by atoms with Crippen molar-refractivity contribution in [1.29, 1.82) is 0 Å². The first-order chi connectivity index (χ1) is 7.78. The molecule has 0 bridgehead atoms. The van der Waals surface area contributed by atoms with Gasteiger partial charge in [-0.1, -0.05) is 6.07 Å². The fraction of sp³-hybridized carbons (Fsp3) is 0.615. The van der Waals surface area contributed by atoms with E-state index < -0.39 is 0 Å². The summed E-state index contributed by atoms with van der Waals surface area (Å²) in [6, 6.07) is 4.99. The zero-order valence-electron chi connectivity index (χ0n) is 10.2. The van der Waals surface area contributed by atoms with Gasteiger partial charge in [-0.2, -0.15) is 0 Å². The molecule has 3 nitrogen and oxygen atoms in total. The zero-order chi connectivity index (χ0) is 11.4. The first kappa shape index (κ1) is 11.6. The van der Waals surface area contributed by atoms with E-state index in [4.69, 9.17) is 0 Å². The molecule has 0 aliphatic carbocycles. The van der Waals surface area contributed by atoms with Gasteiger partial charge in [0.15, 0.2) is 0 Å². The fourth-order valence-electron chi connectivity index (χ4n) is 2.20. The molecule has 0 atom stereocenters. The highest BCUT2D eigenvalue weighted by Crippen LogP contribution is 2.12. The number of aryl methyl sites for hydroxylation is 1. The van der Waals surface area contributed by atoms with Crippen LogP contribution in [0.1, 0.15) is 24.1 Å². The van der Waals surface area contributed by atoms with Crippen LogP contribution in [-0.4, -0.2) is 36.1 Å². The van der Waals surface area contributed by atoms with Crippen molar-refractivity contribution in [2.75, 3.05) is 20.1 Å². The van der Waals surface area contributed by atoms with Crippen molar-refractivity contribution in [3.63, 3.8) is 0 Å². The molecule has 1 aromatic rings. The lowest BCUT2D eigenvalue weighted by atomic mass is 10.1. The number of likely N-dealkylation sites (tertiary alicyclic amines) is 1. The largest absolute Gasteiger partial charge is 0.317 e. The normalized spacial score (nSPS) is 18.9. The smallest absolute Gasteiger partial charge is 0.0544 e. The molecule has 2 heterocycles. The molecule has 16 heavy (non-hydrogen) atoms. The van der Waals surface area contributed by atoms with E-state index in [2.05, 4.69) is 41.3 Å². The van der Waals surface area contributed by atoms with Gasteiger partial charge in [-0.05, 0) is 38.4 Å². The first-order valence-electron chi connectivity index (χ1n) is 6.09. The highest BCUT2D eigenvalue weighted by Gasteiger charge is 2.17. The van der Waals surface area contributed by atoms with E-state index in [9.17, 15) is 0 Å². The van der Waals surface area contributed by atoms with Crippen molar-refractivity contribution in [2.45, 2.75) is 32.4 Å². The Labute approximate surface area is 97.9 Å². The fourth-order valence-corrected chi connectivity index (χ4v) is 2.20. The number of aromatic nitrogens is 1. The van der Waals surface area contributed by atoms with Crippen LogP contribution in [0.2, 0.25) is 0 Å². The molecule has 88 valence electrons. The van der Waals surface area contributed by atoms with Gasteiger partial charge >= 0.3 is 0 Å². The highest BCUT2D eigenvalue weighted by molar-refractivity contribution is 5.12. The van der Waals surface area contributed by atoms with Gasteiger partial charge in [0.2, 0.25) is 0 Å². The maximum absolute atomic E-state index is 4.45. The number of pyridine rings is 1. The number of nitrogens with one attached hydrogen (secondary N) is 1. The maximum Gasteiger partial charge on any atom is 0.0544 e. The average Bonchev–Trinajstić information content (AvgIpc) is 2.33. The number of piperidine rings is 1. The van der Waals surface area contributed by atoms with E-state index in [-0.39, 0.29) is 0 Å². The summed E-state index contributed by atoms with van der Waals surface area (Å²) >= 11 is 0. The lowest BCUT2D eigenvalue weighted by Gasteiger charge is -2.31. The van der Waals surface area contributed by atoms with Crippen molar-refractivity contribution in [3.05, 3.63) is 29.6 Å². The van der Waals surface area contributed by atoms with Gasteiger partial charge in [0.1, 0.15) is 0 Å². The number of nitrogens with zero attached hydrogens (tertiary/aromatic N) is 2. The molecule has 2 rings (SSSR count). The van der Waals surface area contributed by atoms with E-state index >= 15 is 0 Å². The van der Waals surface area contributed by atoms with Crippen molar-refractivity contribution in [2.24, 2.45) is 0 Å². The standard InChI is InChI=1S/C13H21N3/c1-11-3-4-13(15-9-11)10-16-7-5-12(14-2)6-8-16/h3-4,9,12,14H,5-8,10H2,1-2H3. The molecule has 1 aliphatic rings. The molecule has 0 aromatic carbocycles. The molecule has 1 fully saturated rings. The van der Waals surface area contributed by atoms with E-state index in [1.54, 1.807) is 0 Å². The summed E-state index contributed by atoms with van der Waals surface area (Å²) in [6.07, 6.45) is 4.46. The van der Waals surface area contributed by atoms with E-state index in [1.165, 1.54) is 37.2 Å². The molecule has 0 saturated carbocycles. The quantitative estimate of drug-likeness (QED) is 0.836. The summed E-state index contributed by atoms with van der Waals surface area (Å²) in [4.78, 5) is 6.95. The Kier molecular flexibility index (Phi) is 3.91. The van der Waals surface area contributed by atoms with Crippen LogP contribution in [0.5, 0.6) is 0 Å². The molecule has 0 amide bonds. The van der Waals surface area contributed by atoms with Crippen LogP contribution >= 0.6 is 0 Å². The second-order valence-corrected chi connectivity index (χ2v) is 4.67. The molecular formula is C13H21N3. The third kappa shape index (κ3) is 3.03. The maximum atomic E-state index is 4.45. The van der Waals surface area contributed by atoms with E-state index in [0.717, 1.165) is 6.54 Å². The van der Waals surface area contributed by atoms with Gasteiger partial charge < -0.3 is 5.32 Å². The average molecular weight is 219 g/mol. The van der Waals surface area contributed by atoms with Crippen molar-refractivity contribution >= 4 is 0 Å². The van der Waals surface area contributed by atoms with Gasteiger partial charge in [-0.25, -0.2) is 0 Å². The topological polar surface area (TPSA) is 28.2 Å². The minimum Gasteiger partial charge on any atom is -0.317 e. The second kappa shape index (κ2) is 5.41. The van der Waals surface area contributed by atoms with Crippen LogP contribution in [0.15, 0.2) is 18.3 Å². The molecular weight excluding hydrogens is 198 g/mol. The summed E-state index contributed by atoms with van der Waals surface area (Å²) in [5, 5.41) is 3.35. The van der Waals surface area contributed by atoms with E-state index in [1.807, 2.05) is 6.20 Å². The molecule has 1 N–H and O–H groups in total. The molecule has 3 heteroatoms. The Morgan fingerprint density at radius 3 is 2.69 bits per heavy atom. The zero-order valence-corrected chi connectivity index (χ0v) is 10.2. The molecule has 1 aromatic heterocycles. The van der Waals surface area contributed by atoms with Gasteiger partial charge in [-0.15, -0.1) is 0 Å². The summed E-state index contributed by atoms with van der Waals surface area (Å²) < 4.78 is 0. The Balaban J connectivity index is 1.84. The van der Waals surface area contributed by atoms with Gasteiger partial charge in [0.25, 0.3) is 0 Å². The van der Waals surface area contributed by atoms with Crippen LogP contribution in [0, 0.1) is 6.92 Å². The SMILES string of the molecule is CNC1CCN(Cc2ccc(C)cn2)CC1. The summed E-state index contributed by atoms with van der Waals surface area (Å²) in [7, 11) is 2.06. The molecule has 0 spiro atoms. The second-order valence-electron chi connectivity index (χ2n) is 4.67. The Morgan fingerprint density at radius 2 is 2.12 bits per heavy atom. The van der Waals surface area contributed by atoms with Gasteiger partial charge in [-0.3, -0.25) is 9.88 Å². The molecule has 0 unspecified atom stereocenters. The van der Waals surface area contributed by atoms with E-state index in [0.29, 0.717) is 6.04 Å². The lowest BCUT2D eigenvalue weighted by Crippen LogP contribution is -2.40. The monoisotopic (exact) mass is 219 g/mol. The minimum absolute atomic E-state index is 0.710. The Bertz CT molecular complexity index is 312. The third-order valence-corrected chi connectivity index (χ3v) is 3.35. The van der Waals surface area contributed by atoms with Crippen LogP contribution in [0.4, 0.5) is 0 Å². The predicted molar refractivity (Wildman–Crippen MR) is 66.3 cm³/mol. The van der Waals surface area contributed by atoms with Crippen LogP contribution in [0.25, 0.3) is 0 Å². The Hall–Kier alpha value is -0.930. The van der Waals surface area contributed by atoms with Gasteiger partial charge in [0.05, 0.1) is 5.69 Å². The molecule has 0 radical (unpaired) electrons. The van der Waals surface area contributed by atoms with Gasteiger partial charge in [0, 0.05) is 31.9 Å². The summed E-state index contributed by atoms with van der Waals surface area (Å²) in [5.74, 6) is 0. The van der Waals surface area contributed by atoms with Crippen molar-refractivity contribution < 1.29 is 0 Å². The summed E-state index contributed by atoms with van der Waals surface area (Å²) in [5.41, 5.74) is 2.42. The summed E-state index contributed by atoms with van der Waals surface area (Å²) in [6.45, 7) is 5.44. The van der Waals surface area contributed by atoms with Crippen molar-refractivity contribution in [1.82, 2.24) is 15.2 Å². The number of hydrogen-bond acceptors (Lipinski definition) is 3. The van der Waals surface area contributed by atoms with Crippen molar-refractivity contribution in [3.8, 4) is 0 Å². The van der Waals surface area contributed by atoms with Crippen LogP contribution in [-0.2, 0) is 6.54 Å². The highest BCUT2D eigenvalue weighted by atomic mass is 15.1. The molecule has 1 saturated heterocycles. The number of rotatable bonds is 3. The lowest BCUT2D eigenvalue weighted by molar-refractivity contribution is 0.192. The third-order valence-electron chi connectivity index (χ3n) is 3.35. The predicted octanol–water partition coefficient (Wildman–Crippen LogP) is 1.57. The first-order valence-corrected chi connectivity index (χ1v) is 6.09. The minimum atomic E-state index is 0.710.